The third-order valence-corrected chi connectivity index (χ3v) is 0.718. The monoisotopic (exact) mass is 120 g/mol. The zero-order valence-corrected chi connectivity index (χ0v) is 8.36. The summed E-state index contributed by atoms with van der Waals surface area (Å²) in [5.41, 5.74) is 1.12. The summed E-state index contributed by atoms with van der Waals surface area (Å²) in [5, 5.41) is 0. The van der Waals surface area contributed by atoms with Gasteiger partial charge in [0, 0.05) is 0 Å². The van der Waals surface area contributed by atoms with Gasteiger partial charge in [-0.3, -0.25) is 6.58 Å². The molecule has 0 aliphatic rings. The Bertz CT molecular complexity index is 72.2. The van der Waals surface area contributed by atoms with E-state index in [-0.39, 0.29) is 51.4 Å². The van der Waals surface area contributed by atoms with Gasteiger partial charge in [0.05, 0.1) is 0 Å². The van der Waals surface area contributed by atoms with Gasteiger partial charge in [-0.05, 0) is 0 Å². The van der Waals surface area contributed by atoms with Crippen molar-refractivity contribution in [3.8, 4) is 0 Å². The second-order valence-electron chi connectivity index (χ2n) is 1.20. The molecular formula is C6H9K. The van der Waals surface area contributed by atoms with E-state index in [0.29, 0.717) is 0 Å². The summed E-state index contributed by atoms with van der Waals surface area (Å²) in [6.45, 7) is 9.00. The van der Waals surface area contributed by atoms with E-state index < -0.39 is 0 Å². The molecule has 0 heterocycles. The van der Waals surface area contributed by atoms with Crippen LogP contribution < -0.4 is 51.4 Å². The van der Waals surface area contributed by atoms with Crippen LogP contribution in [0.15, 0.2) is 17.7 Å². The van der Waals surface area contributed by atoms with Crippen LogP contribution in [0.3, 0.4) is 0 Å². The Balaban J connectivity index is 0. The third kappa shape index (κ3) is 7.12. The summed E-state index contributed by atoms with van der Waals surface area (Å²) < 4.78 is 0. The fourth-order valence-electron chi connectivity index (χ4n) is 0.0962. The zero-order chi connectivity index (χ0) is 4.99. The van der Waals surface area contributed by atoms with Gasteiger partial charge >= 0.3 is 51.4 Å². The molecule has 7 heavy (non-hydrogen) atoms. The first-order valence-electron chi connectivity index (χ1n) is 1.99. The van der Waals surface area contributed by atoms with Gasteiger partial charge in [-0.2, -0.15) is 6.08 Å². The number of rotatable bonds is 1. The third-order valence-electron chi connectivity index (χ3n) is 0.718. The van der Waals surface area contributed by atoms with E-state index in [1.165, 1.54) is 0 Å². The van der Waals surface area contributed by atoms with Crippen LogP contribution in [0.1, 0.15) is 13.8 Å². The Hall–Kier alpha value is 1.12. The standard InChI is InChI=1S/C6H9.K/c1-4-6(3)5-2;/h1,4-5H,2-3H3;/q-1;+1/b6-5+;. The molecular weight excluding hydrogens is 111 g/mol. The van der Waals surface area contributed by atoms with Crippen LogP contribution in [0.4, 0.5) is 0 Å². The van der Waals surface area contributed by atoms with Crippen molar-refractivity contribution in [1.29, 1.82) is 0 Å². The fraction of sp³-hybridized carbons (Fsp3) is 0.333. The first-order valence-corrected chi connectivity index (χ1v) is 1.99. The molecule has 0 aliphatic carbocycles. The summed E-state index contributed by atoms with van der Waals surface area (Å²) in [5.74, 6) is 0. The van der Waals surface area contributed by atoms with Crippen LogP contribution in [0.5, 0.6) is 0 Å². The molecule has 34 valence electrons. The van der Waals surface area contributed by atoms with Gasteiger partial charge in [-0.1, -0.05) is 6.92 Å². The number of hydrogen-bond acceptors (Lipinski definition) is 0. The van der Waals surface area contributed by atoms with Crippen LogP contribution in [-0.4, -0.2) is 0 Å². The number of allylic oxidation sites excluding steroid dienone is 3. The molecule has 0 aromatic carbocycles. The molecule has 0 aromatic rings. The average Bonchev–Trinajstić information content (AvgIpc) is 1.65. The molecule has 0 nitrogen and oxygen atoms in total. The quantitative estimate of drug-likeness (QED) is 0.235. The van der Waals surface area contributed by atoms with E-state index in [1.807, 2.05) is 19.9 Å². The summed E-state index contributed by atoms with van der Waals surface area (Å²) in [7, 11) is 0. The molecule has 1 heteroatoms. The van der Waals surface area contributed by atoms with Crippen LogP contribution in [0, 0.1) is 6.58 Å². The molecule has 0 radical (unpaired) electrons. The SMILES string of the molecule is [CH-]=C/C(C)=C/C.[K+]. The molecule has 0 unspecified atom stereocenters. The van der Waals surface area contributed by atoms with Gasteiger partial charge in [0.15, 0.2) is 0 Å². The van der Waals surface area contributed by atoms with E-state index in [1.54, 1.807) is 6.08 Å². The van der Waals surface area contributed by atoms with E-state index in [0.717, 1.165) is 5.57 Å². The van der Waals surface area contributed by atoms with Gasteiger partial charge in [-0.25, -0.2) is 11.6 Å². The maximum Gasteiger partial charge on any atom is 1.00 e. The van der Waals surface area contributed by atoms with Gasteiger partial charge in [0.25, 0.3) is 0 Å². The molecule has 0 rings (SSSR count). The molecule has 0 fully saturated rings. The van der Waals surface area contributed by atoms with Crippen molar-refractivity contribution in [3.63, 3.8) is 0 Å². The topological polar surface area (TPSA) is 0 Å². The fourth-order valence-corrected chi connectivity index (χ4v) is 0.0962. The van der Waals surface area contributed by atoms with E-state index >= 15 is 0 Å². The van der Waals surface area contributed by atoms with Gasteiger partial charge in [0.2, 0.25) is 0 Å². The Labute approximate surface area is 88.1 Å². The zero-order valence-electron chi connectivity index (χ0n) is 5.23. The summed E-state index contributed by atoms with van der Waals surface area (Å²) in [6.07, 6.45) is 3.54. The normalized spacial score (nSPS) is 9.71. The second kappa shape index (κ2) is 7.12. The molecule has 0 bridgehead atoms. The largest absolute Gasteiger partial charge is 1.00 e. The van der Waals surface area contributed by atoms with Crippen LogP contribution in [0.2, 0.25) is 0 Å². The number of hydrogen-bond donors (Lipinski definition) is 0. The summed E-state index contributed by atoms with van der Waals surface area (Å²) in [4.78, 5) is 0. The summed E-state index contributed by atoms with van der Waals surface area (Å²) >= 11 is 0. The van der Waals surface area contributed by atoms with E-state index in [4.69, 9.17) is 6.58 Å². The van der Waals surface area contributed by atoms with Crippen LogP contribution >= 0.6 is 0 Å². The Morgan fingerprint density at radius 2 is 2.00 bits per heavy atom. The van der Waals surface area contributed by atoms with Gasteiger partial charge in [-0.15, -0.1) is 6.92 Å². The minimum atomic E-state index is 0. The maximum absolute atomic E-state index is 5.09. The van der Waals surface area contributed by atoms with Gasteiger partial charge < -0.3 is 0 Å². The second-order valence-corrected chi connectivity index (χ2v) is 1.20. The Kier molecular flexibility index (Phi) is 11.2. The van der Waals surface area contributed by atoms with Crippen molar-refractivity contribution < 1.29 is 51.4 Å². The van der Waals surface area contributed by atoms with Crippen molar-refractivity contribution in [2.24, 2.45) is 0 Å². The van der Waals surface area contributed by atoms with E-state index in [2.05, 4.69) is 0 Å². The Morgan fingerprint density at radius 3 is 2.00 bits per heavy atom. The van der Waals surface area contributed by atoms with Crippen molar-refractivity contribution in [3.05, 3.63) is 24.3 Å². The predicted molar refractivity (Wildman–Crippen MR) is 28.3 cm³/mol. The van der Waals surface area contributed by atoms with Crippen molar-refractivity contribution in [1.82, 2.24) is 0 Å². The molecule has 0 atom stereocenters. The predicted octanol–water partition coefficient (Wildman–Crippen LogP) is -1.05. The Morgan fingerprint density at radius 1 is 1.57 bits per heavy atom. The average molecular weight is 120 g/mol. The molecule has 0 aromatic heterocycles. The van der Waals surface area contributed by atoms with Crippen LogP contribution in [-0.2, 0) is 0 Å². The minimum Gasteiger partial charge on any atom is -0.293 e. The van der Waals surface area contributed by atoms with Gasteiger partial charge in [0.1, 0.15) is 0 Å². The van der Waals surface area contributed by atoms with Crippen molar-refractivity contribution in [2.75, 3.05) is 0 Å². The molecule has 0 spiro atoms. The smallest absolute Gasteiger partial charge is 0.293 e. The van der Waals surface area contributed by atoms with Crippen LogP contribution in [0.25, 0.3) is 0 Å². The molecule has 0 saturated carbocycles. The van der Waals surface area contributed by atoms with Crippen molar-refractivity contribution in [2.45, 2.75) is 13.8 Å². The first kappa shape index (κ1) is 11.0. The molecule has 0 amide bonds. The van der Waals surface area contributed by atoms with E-state index in [9.17, 15) is 0 Å². The first-order chi connectivity index (χ1) is 2.81. The van der Waals surface area contributed by atoms with Crippen molar-refractivity contribution >= 4 is 0 Å². The maximum atomic E-state index is 5.09. The summed E-state index contributed by atoms with van der Waals surface area (Å²) in [6, 6.07) is 0. The molecule has 0 N–H and O–H groups in total. The minimum absolute atomic E-state index is 0. The molecule has 0 saturated heterocycles. The molecule has 0 aliphatic heterocycles.